The smallest absolute Gasteiger partial charge is 0.337 e. The Morgan fingerprint density at radius 1 is 0.900 bits per heavy atom. The topological polar surface area (TPSA) is 40.5 Å². The lowest BCUT2D eigenvalue weighted by atomic mass is 10.0. The number of anilines is 1. The van der Waals surface area contributed by atoms with Gasteiger partial charge < -0.3 is 10.0 Å². The zero-order valence-corrected chi connectivity index (χ0v) is 11.2. The fraction of sp³-hybridized carbons (Fsp3) is 0.235. The number of carbonyl (C=O) groups is 1. The van der Waals surface area contributed by atoms with Gasteiger partial charge in [0.2, 0.25) is 0 Å². The maximum Gasteiger partial charge on any atom is 0.337 e. The van der Waals surface area contributed by atoms with Crippen LogP contribution in [0.1, 0.15) is 21.5 Å². The zero-order valence-electron chi connectivity index (χ0n) is 11.2. The van der Waals surface area contributed by atoms with Crippen LogP contribution in [0.25, 0.3) is 0 Å². The molecule has 1 aliphatic heterocycles. The molecular weight excluding hydrogens is 250 g/mol. The fourth-order valence-electron chi connectivity index (χ4n) is 2.84. The number of hydrogen-bond donors (Lipinski definition) is 1. The number of rotatable bonds is 2. The Kier molecular flexibility index (Phi) is 3.42. The van der Waals surface area contributed by atoms with Gasteiger partial charge in [0.25, 0.3) is 0 Å². The molecule has 102 valence electrons. The fourth-order valence-corrected chi connectivity index (χ4v) is 2.84. The minimum Gasteiger partial charge on any atom is -0.478 e. The van der Waals surface area contributed by atoms with Crippen LogP contribution >= 0.6 is 0 Å². The van der Waals surface area contributed by atoms with E-state index in [9.17, 15) is 9.90 Å². The van der Waals surface area contributed by atoms with Crippen molar-refractivity contribution in [2.45, 2.75) is 12.8 Å². The van der Waals surface area contributed by atoms with Gasteiger partial charge in [0.1, 0.15) is 0 Å². The van der Waals surface area contributed by atoms with Crippen LogP contribution in [0.4, 0.5) is 5.69 Å². The minimum absolute atomic E-state index is 0.387. The van der Waals surface area contributed by atoms with Crippen molar-refractivity contribution in [1.29, 1.82) is 0 Å². The molecule has 3 nitrogen and oxygen atoms in total. The molecule has 2 aromatic rings. The molecule has 0 saturated heterocycles. The molecule has 0 aromatic heterocycles. The number of carboxylic acid groups (broad SMARTS) is 1. The summed E-state index contributed by atoms with van der Waals surface area (Å²) in [4.78, 5) is 13.5. The minimum atomic E-state index is -0.859. The molecule has 20 heavy (non-hydrogen) atoms. The van der Waals surface area contributed by atoms with E-state index in [2.05, 4.69) is 29.2 Å². The Labute approximate surface area is 118 Å². The third-order valence-corrected chi connectivity index (χ3v) is 3.90. The van der Waals surface area contributed by atoms with E-state index in [-0.39, 0.29) is 0 Å². The Hall–Kier alpha value is -2.29. The maximum absolute atomic E-state index is 11.3. The van der Waals surface area contributed by atoms with Crippen molar-refractivity contribution in [1.82, 2.24) is 0 Å². The van der Waals surface area contributed by atoms with Gasteiger partial charge in [0.15, 0.2) is 0 Å². The van der Waals surface area contributed by atoms with Gasteiger partial charge in [0, 0.05) is 13.1 Å². The number of fused-ring (bicyclic) bond motifs is 1. The van der Waals surface area contributed by atoms with Gasteiger partial charge in [0.05, 0.1) is 11.3 Å². The van der Waals surface area contributed by atoms with Gasteiger partial charge in [-0.15, -0.1) is 0 Å². The van der Waals surface area contributed by atoms with Crippen molar-refractivity contribution in [2.75, 3.05) is 18.0 Å². The van der Waals surface area contributed by atoms with E-state index in [4.69, 9.17) is 0 Å². The van der Waals surface area contributed by atoms with Gasteiger partial charge in [-0.05, 0) is 36.1 Å². The van der Waals surface area contributed by atoms with E-state index in [1.165, 1.54) is 11.1 Å². The first-order valence-corrected chi connectivity index (χ1v) is 6.90. The lowest BCUT2D eigenvalue weighted by molar-refractivity contribution is 0.0697. The van der Waals surface area contributed by atoms with Crippen molar-refractivity contribution < 1.29 is 9.90 Å². The summed E-state index contributed by atoms with van der Waals surface area (Å²) in [6.07, 6.45) is 1.92. The van der Waals surface area contributed by atoms with Crippen LogP contribution in [0, 0.1) is 0 Å². The summed E-state index contributed by atoms with van der Waals surface area (Å²) >= 11 is 0. The number of carboxylic acids is 1. The van der Waals surface area contributed by atoms with E-state index in [0.717, 1.165) is 31.6 Å². The molecule has 0 saturated carbocycles. The maximum atomic E-state index is 11.3. The normalized spacial score (nSPS) is 14.5. The highest BCUT2D eigenvalue weighted by Crippen LogP contribution is 2.24. The van der Waals surface area contributed by atoms with Gasteiger partial charge in [-0.1, -0.05) is 36.4 Å². The standard InChI is InChI=1S/C17H17NO2/c19-17(20)15-7-3-4-8-16(15)18-11-9-13-5-1-2-6-14(13)10-12-18/h1-8H,9-12H2,(H,19,20). The summed E-state index contributed by atoms with van der Waals surface area (Å²) in [5, 5.41) is 9.31. The van der Waals surface area contributed by atoms with Crippen molar-refractivity contribution in [2.24, 2.45) is 0 Å². The molecule has 1 N–H and O–H groups in total. The second-order valence-electron chi connectivity index (χ2n) is 5.08. The first-order valence-electron chi connectivity index (χ1n) is 6.90. The SMILES string of the molecule is O=C(O)c1ccccc1N1CCc2ccccc2CC1. The largest absolute Gasteiger partial charge is 0.478 e. The third kappa shape index (κ3) is 2.39. The Morgan fingerprint density at radius 2 is 1.45 bits per heavy atom. The number of benzene rings is 2. The average Bonchev–Trinajstić information content (AvgIpc) is 2.70. The van der Waals surface area contributed by atoms with Crippen molar-refractivity contribution in [3.05, 3.63) is 65.2 Å². The van der Waals surface area contributed by atoms with Gasteiger partial charge in [-0.2, -0.15) is 0 Å². The van der Waals surface area contributed by atoms with Crippen molar-refractivity contribution >= 4 is 11.7 Å². The van der Waals surface area contributed by atoms with Crippen LogP contribution in [0.15, 0.2) is 48.5 Å². The summed E-state index contributed by atoms with van der Waals surface area (Å²) in [6.45, 7) is 1.72. The monoisotopic (exact) mass is 267 g/mol. The predicted molar refractivity (Wildman–Crippen MR) is 79.5 cm³/mol. The van der Waals surface area contributed by atoms with E-state index < -0.39 is 5.97 Å². The van der Waals surface area contributed by atoms with Gasteiger partial charge >= 0.3 is 5.97 Å². The van der Waals surface area contributed by atoms with Gasteiger partial charge in [-0.25, -0.2) is 4.79 Å². The van der Waals surface area contributed by atoms with Gasteiger partial charge in [-0.3, -0.25) is 0 Å². The van der Waals surface area contributed by atoms with E-state index in [1.54, 1.807) is 12.1 Å². The van der Waals surface area contributed by atoms with Crippen LogP contribution < -0.4 is 4.90 Å². The summed E-state index contributed by atoms with van der Waals surface area (Å²) in [5.74, 6) is -0.859. The molecule has 1 heterocycles. The highest BCUT2D eigenvalue weighted by atomic mass is 16.4. The Morgan fingerprint density at radius 3 is 2.05 bits per heavy atom. The zero-order chi connectivity index (χ0) is 13.9. The summed E-state index contributed by atoms with van der Waals surface area (Å²) in [7, 11) is 0. The quantitative estimate of drug-likeness (QED) is 0.909. The Balaban J connectivity index is 1.89. The van der Waals surface area contributed by atoms with E-state index in [0.29, 0.717) is 5.56 Å². The first kappa shape index (κ1) is 12.7. The number of hydrogen-bond acceptors (Lipinski definition) is 2. The first-order chi connectivity index (χ1) is 9.75. The summed E-state index contributed by atoms with van der Waals surface area (Å²) in [5.41, 5.74) is 3.97. The van der Waals surface area contributed by atoms with Crippen molar-refractivity contribution in [3.63, 3.8) is 0 Å². The van der Waals surface area contributed by atoms with Crippen LogP contribution in [0.5, 0.6) is 0 Å². The number of aromatic carboxylic acids is 1. The predicted octanol–water partition coefficient (Wildman–Crippen LogP) is 2.99. The molecule has 0 amide bonds. The molecular formula is C17H17NO2. The van der Waals surface area contributed by atoms with Crippen LogP contribution in [0.2, 0.25) is 0 Å². The summed E-state index contributed by atoms with van der Waals surface area (Å²) < 4.78 is 0. The lowest BCUT2D eigenvalue weighted by Gasteiger charge is -2.24. The highest BCUT2D eigenvalue weighted by Gasteiger charge is 2.18. The summed E-state index contributed by atoms with van der Waals surface area (Å²) in [6, 6.07) is 15.7. The molecule has 0 spiro atoms. The highest BCUT2D eigenvalue weighted by molar-refractivity contribution is 5.94. The molecule has 0 bridgehead atoms. The van der Waals surface area contributed by atoms with Crippen LogP contribution in [0.3, 0.4) is 0 Å². The molecule has 3 heteroatoms. The number of nitrogens with zero attached hydrogens (tertiary/aromatic N) is 1. The second kappa shape index (κ2) is 5.37. The van der Waals surface area contributed by atoms with E-state index >= 15 is 0 Å². The molecule has 0 radical (unpaired) electrons. The molecule has 0 aliphatic carbocycles. The molecule has 0 fully saturated rings. The van der Waals surface area contributed by atoms with Crippen LogP contribution in [-0.4, -0.2) is 24.2 Å². The Bertz CT molecular complexity index is 609. The molecule has 0 unspecified atom stereocenters. The van der Waals surface area contributed by atoms with E-state index in [1.807, 2.05) is 12.1 Å². The molecule has 1 aliphatic rings. The third-order valence-electron chi connectivity index (χ3n) is 3.90. The van der Waals surface area contributed by atoms with Crippen LogP contribution in [-0.2, 0) is 12.8 Å². The molecule has 2 aromatic carbocycles. The molecule has 3 rings (SSSR count). The second-order valence-corrected chi connectivity index (χ2v) is 5.08. The lowest BCUT2D eigenvalue weighted by Crippen LogP contribution is -2.27. The molecule has 0 atom stereocenters. The van der Waals surface area contributed by atoms with Crippen molar-refractivity contribution in [3.8, 4) is 0 Å². The number of para-hydroxylation sites is 1. The average molecular weight is 267 g/mol.